The Labute approximate surface area is 144 Å². The molecule has 8 heteroatoms. The maximum Gasteiger partial charge on any atom is 0.346 e. The number of aliphatic carboxylic acids is 1. The molecule has 0 saturated carbocycles. The fourth-order valence-electron chi connectivity index (χ4n) is 2.65. The van der Waals surface area contributed by atoms with E-state index in [0.717, 1.165) is 12.1 Å². The van der Waals surface area contributed by atoms with E-state index in [-0.39, 0.29) is 30.0 Å². The Bertz CT molecular complexity index is 626. The third-order valence-electron chi connectivity index (χ3n) is 4.14. The number of ether oxygens (including phenoxy) is 1. The molecule has 1 fully saturated rings. The molecule has 1 aromatic rings. The van der Waals surface area contributed by atoms with Gasteiger partial charge in [-0.3, -0.25) is 9.59 Å². The first-order valence-electron chi connectivity index (χ1n) is 8.05. The summed E-state index contributed by atoms with van der Waals surface area (Å²) in [7, 11) is 0. The van der Waals surface area contributed by atoms with E-state index >= 15 is 0 Å². The molecule has 2 N–H and O–H groups in total. The Morgan fingerprint density at radius 1 is 1.28 bits per heavy atom. The molecule has 0 spiro atoms. The van der Waals surface area contributed by atoms with Crippen LogP contribution >= 0.6 is 0 Å². The van der Waals surface area contributed by atoms with Gasteiger partial charge in [0.2, 0.25) is 17.9 Å². The van der Waals surface area contributed by atoms with Crippen molar-refractivity contribution in [2.75, 3.05) is 19.6 Å². The van der Waals surface area contributed by atoms with Crippen LogP contribution in [0.2, 0.25) is 0 Å². The number of likely N-dealkylation sites (tertiary alicyclic amines) is 1. The lowest BCUT2D eigenvalue weighted by atomic mass is 9.96. The van der Waals surface area contributed by atoms with Gasteiger partial charge in [0.25, 0.3) is 0 Å². The van der Waals surface area contributed by atoms with Crippen molar-refractivity contribution in [2.45, 2.75) is 25.9 Å². The predicted octanol–water partition coefficient (Wildman–Crippen LogP) is 1.03. The van der Waals surface area contributed by atoms with Crippen molar-refractivity contribution in [3.63, 3.8) is 0 Å². The Morgan fingerprint density at radius 2 is 1.88 bits per heavy atom. The van der Waals surface area contributed by atoms with E-state index in [9.17, 15) is 23.9 Å². The number of carboxylic acid groups (broad SMARTS) is 1. The number of hydrogen-bond acceptors (Lipinski definition) is 4. The minimum Gasteiger partial charge on any atom is -0.478 e. The van der Waals surface area contributed by atoms with Crippen molar-refractivity contribution in [1.82, 2.24) is 10.2 Å². The van der Waals surface area contributed by atoms with Gasteiger partial charge in [0.1, 0.15) is 11.6 Å². The number of halogens is 1. The van der Waals surface area contributed by atoms with Crippen molar-refractivity contribution in [3.8, 4) is 5.75 Å². The van der Waals surface area contributed by atoms with Crippen LogP contribution in [0, 0.1) is 11.7 Å². The van der Waals surface area contributed by atoms with Gasteiger partial charge in [0.05, 0.1) is 6.54 Å². The summed E-state index contributed by atoms with van der Waals surface area (Å²) in [6.45, 7) is 2.33. The van der Waals surface area contributed by atoms with Crippen LogP contribution in [0.1, 0.15) is 19.8 Å². The van der Waals surface area contributed by atoms with Crippen LogP contribution in [0.5, 0.6) is 5.75 Å². The van der Waals surface area contributed by atoms with E-state index in [2.05, 4.69) is 5.32 Å². The summed E-state index contributed by atoms with van der Waals surface area (Å²) in [5.74, 6) is -2.00. The predicted molar refractivity (Wildman–Crippen MR) is 86.4 cm³/mol. The largest absolute Gasteiger partial charge is 0.478 e. The molecule has 7 nitrogen and oxygen atoms in total. The fourth-order valence-corrected chi connectivity index (χ4v) is 2.65. The van der Waals surface area contributed by atoms with Gasteiger partial charge in [0, 0.05) is 25.9 Å². The minimum atomic E-state index is -1.27. The lowest BCUT2D eigenvalue weighted by Crippen LogP contribution is -2.45. The molecule has 1 saturated heterocycles. The van der Waals surface area contributed by atoms with E-state index in [1.165, 1.54) is 19.1 Å². The third kappa shape index (κ3) is 5.44. The second-order valence-corrected chi connectivity index (χ2v) is 5.92. The number of carboxylic acids is 1. The molecule has 25 heavy (non-hydrogen) atoms. The number of rotatable bonds is 6. The van der Waals surface area contributed by atoms with Crippen LogP contribution in [-0.4, -0.2) is 53.5 Å². The Kier molecular flexibility index (Phi) is 6.32. The van der Waals surface area contributed by atoms with Gasteiger partial charge in [-0.1, -0.05) is 0 Å². The first-order valence-corrected chi connectivity index (χ1v) is 8.05. The minimum absolute atomic E-state index is 0.0162. The van der Waals surface area contributed by atoms with E-state index in [0.29, 0.717) is 25.9 Å². The number of carbonyl (C=O) groups excluding carboxylic acids is 2. The highest BCUT2D eigenvalue weighted by molar-refractivity contribution is 5.81. The highest BCUT2D eigenvalue weighted by Crippen LogP contribution is 2.18. The average Bonchev–Trinajstić information content (AvgIpc) is 2.59. The Morgan fingerprint density at radius 3 is 2.40 bits per heavy atom. The number of hydrogen-bond donors (Lipinski definition) is 2. The fraction of sp³-hybridized carbons (Fsp3) is 0.471. The van der Waals surface area contributed by atoms with E-state index in [1.54, 1.807) is 4.90 Å². The van der Waals surface area contributed by atoms with Crippen molar-refractivity contribution in [1.29, 1.82) is 0 Å². The maximum atomic E-state index is 12.9. The van der Waals surface area contributed by atoms with Gasteiger partial charge in [-0.25, -0.2) is 9.18 Å². The average molecular weight is 352 g/mol. The summed E-state index contributed by atoms with van der Waals surface area (Å²) in [5.41, 5.74) is 0. The summed E-state index contributed by atoms with van der Waals surface area (Å²) >= 11 is 0. The molecular weight excluding hydrogens is 331 g/mol. The maximum absolute atomic E-state index is 12.9. The number of piperidine rings is 1. The smallest absolute Gasteiger partial charge is 0.346 e. The van der Waals surface area contributed by atoms with Gasteiger partial charge in [-0.2, -0.15) is 0 Å². The summed E-state index contributed by atoms with van der Waals surface area (Å²) in [4.78, 5) is 36.4. The van der Waals surface area contributed by atoms with Crippen molar-refractivity contribution in [2.24, 2.45) is 5.92 Å². The van der Waals surface area contributed by atoms with Gasteiger partial charge in [-0.15, -0.1) is 0 Å². The van der Waals surface area contributed by atoms with Gasteiger partial charge >= 0.3 is 5.97 Å². The van der Waals surface area contributed by atoms with Gasteiger partial charge in [-0.05, 0) is 37.1 Å². The standard InChI is InChI=1S/C17H21FN2O5/c1-11(21)20-8-6-12(7-9-20)16(22)19-10-15(17(23)24)25-14-4-2-13(18)3-5-14/h2-5,12,15H,6-10H2,1H3,(H,19,22)(H,23,24). The van der Waals surface area contributed by atoms with Crippen molar-refractivity contribution < 1.29 is 28.6 Å². The zero-order valence-electron chi connectivity index (χ0n) is 13.9. The topological polar surface area (TPSA) is 95.9 Å². The molecule has 2 amide bonds. The second kappa shape index (κ2) is 8.46. The van der Waals surface area contributed by atoms with Crippen LogP contribution in [0.25, 0.3) is 0 Å². The molecule has 0 aromatic heterocycles. The van der Waals surface area contributed by atoms with Crippen molar-refractivity contribution in [3.05, 3.63) is 30.1 Å². The molecule has 136 valence electrons. The molecule has 2 rings (SSSR count). The molecule has 1 aliphatic heterocycles. The highest BCUT2D eigenvalue weighted by Gasteiger charge is 2.27. The second-order valence-electron chi connectivity index (χ2n) is 5.92. The third-order valence-corrected chi connectivity index (χ3v) is 4.14. The molecular formula is C17H21FN2O5. The molecule has 1 heterocycles. The number of nitrogens with one attached hydrogen (secondary N) is 1. The van der Waals surface area contributed by atoms with Gasteiger partial charge < -0.3 is 20.1 Å². The normalized spacial score (nSPS) is 16.2. The molecule has 1 aliphatic rings. The summed E-state index contributed by atoms with van der Waals surface area (Å²) in [5, 5.41) is 11.8. The number of amides is 2. The summed E-state index contributed by atoms with van der Waals surface area (Å²) in [6.07, 6.45) is -0.184. The van der Waals surface area contributed by atoms with E-state index in [4.69, 9.17) is 4.74 Å². The Balaban J connectivity index is 1.84. The first kappa shape index (κ1) is 18.7. The van der Waals surface area contributed by atoms with Crippen LogP contribution in [0.3, 0.4) is 0 Å². The van der Waals surface area contributed by atoms with Crippen LogP contribution in [0.4, 0.5) is 4.39 Å². The lowest BCUT2D eigenvalue weighted by molar-refractivity contribution is -0.145. The zero-order chi connectivity index (χ0) is 18.4. The molecule has 1 atom stereocenters. The van der Waals surface area contributed by atoms with Crippen LogP contribution in [0.15, 0.2) is 24.3 Å². The molecule has 1 aromatic carbocycles. The Hall–Kier alpha value is -2.64. The summed E-state index contributed by atoms with van der Waals surface area (Å²) in [6, 6.07) is 4.97. The molecule has 1 unspecified atom stereocenters. The lowest BCUT2D eigenvalue weighted by Gasteiger charge is -2.30. The summed E-state index contributed by atoms with van der Waals surface area (Å²) < 4.78 is 18.1. The van der Waals surface area contributed by atoms with Crippen molar-refractivity contribution >= 4 is 17.8 Å². The molecule has 0 bridgehead atoms. The number of carbonyl (C=O) groups is 3. The zero-order valence-corrected chi connectivity index (χ0v) is 13.9. The van der Waals surface area contributed by atoms with E-state index < -0.39 is 17.9 Å². The molecule has 0 aliphatic carbocycles. The number of benzene rings is 1. The SMILES string of the molecule is CC(=O)N1CCC(C(=O)NCC(Oc2ccc(F)cc2)C(=O)O)CC1. The van der Waals surface area contributed by atoms with Crippen LogP contribution in [-0.2, 0) is 14.4 Å². The number of nitrogens with zero attached hydrogens (tertiary/aromatic N) is 1. The highest BCUT2D eigenvalue weighted by atomic mass is 19.1. The monoisotopic (exact) mass is 352 g/mol. The van der Waals surface area contributed by atoms with Gasteiger partial charge in [0.15, 0.2) is 0 Å². The first-order chi connectivity index (χ1) is 11.9. The van der Waals surface area contributed by atoms with E-state index in [1.807, 2.05) is 0 Å². The molecule has 0 radical (unpaired) electrons. The quantitative estimate of drug-likeness (QED) is 0.797. The van der Waals surface area contributed by atoms with Crippen LogP contribution < -0.4 is 10.1 Å².